The van der Waals surface area contributed by atoms with Gasteiger partial charge >= 0.3 is 5.97 Å². The minimum absolute atomic E-state index is 0.175. The molecule has 0 spiro atoms. The molecule has 1 aromatic rings. The Kier molecular flexibility index (Phi) is 7.24. The lowest BCUT2D eigenvalue weighted by Gasteiger charge is -2.44. The third kappa shape index (κ3) is 5.14. The van der Waals surface area contributed by atoms with Crippen molar-refractivity contribution in [2.75, 3.05) is 46.6 Å². The Hall–Kier alpha value is -2.42. The Labute approximate surface area is 169 Å². The van der Waals surface area contributed by atoms with Crippen molar-refractivity contribution in [1.29, 1.82) is 0 Å². The van der Waals surface area contributed by atoms with Gasteiger partial charge < -0.3 is 29.1 Å². The van der Waals surface area contributed by atoms with Crippen molar-refractivity contribution >= 4 is 5.97 Å². The molecule has 2 heterocycles. The number of nitrogens with zero attached hydrogens (tertiary/aromatic N) is 2. The highest BCUT2D eigenvalue weighted by Gasteiger charge is 2.36. The predicted octanol–water partition coefficient (Wildman–Crippen LogP) is 2.21. The number of rotatable bonds is 8. The molecule has 0 saturated carbocycles. The number of carboxylic acid groups (broad SMARTS) is 1. The smallest absolute Gasteiger partial charge is 0.336 e. The molecule has 0 bridgehead atoms. The molecule has 1 atom stereocenters. The number of morpholine rings is 1. The van der Waals surface area contributed by atoms with E-state index in [4.69, 9.17) is 14.2 Å². The molecule has 1 unspecified atom stereocenters. The van der Waals surface area contributed by atoms with Gasteiger partial charge in [-0.1, -0.05) is 12.1 Å². The van der Waals surface area contributed by atoms with Crippen LogP contribution in [-0.4, -0.2) is 73.7 Å². The molecule has 2 aliphatic heterocycles. The quantitative estimate of drug-likeness (QED) is 0.664. The number of halogens is 1. The van der Waals surface area contributed by atoms with E-state index in [1.165, 1.54) is 12.1 Å². The number of ether oxygens (including phenoxy) is 3. The minimum atomic E-state index is -1.04. The number of aliphatic carboxylic acids is 1. The normalized spacial score (nSPS) is 20.1. The van der Waals surface area contributed by atoms with Gasteiger partial charge in [0.1, 0.15) is 11.6 Å². The number of hydrogen-bond donors (Lipinski definition) is 1. The molecule has 1 aromatic carbocycles. The fraction of sp³-hybridized carbons (Fsp3) is 0.476. The van der Waals surface area contributed by atoms with Gasteiger partial charge in [-0.05, 0) is 36.3 Å². The van der Waals surface area contributed by atoms with Crippen LogP contribution in [0.5, 0.6) is 0 Å². The summed E-state index contributed by atoms with van der Waals surface area (Å²) < 4.78 is 30.3. The Bertz CT molecular complexity index is 789. The lowest BCUT2D eigenvalue weighted by Crippen LogP contribution is -2.49. The lowest BCUT2D eigenvalue weighted by atomic mass is 10.0. The molecular weight excluding hydrogens is 379 g/mol. The van der Waals surface area contributed by atoms with Gasteiger partial charge in [0.15, 0.2) is 6.23 Å². The Balaban J connectivity index is 1.99. The van der Waals surface area contributed by atoms with E-state index < -0.39 is 12.2 Å². The maximum absolute atomic E-state index is 13.8. The lowest BCUT2D eigenvalue weighted by molar-refractivity contribution is -0.137. The summed E-state index contributed by atoms with van der Waals surface area (Å²) in [6, 6.07) is 6.30. The number of carboxylic acids is 1. The molecule has 8 heteroatoms. The van der Waals surface area contributed by atoms with Crippen molar-refractivity contribution in [2.45, 2.75) is 19.7 Å². The third-order valence-corrected chi connectivity index (χ3v) is 4.97. The first-order valence-corrected chi connectivity index (χ1v) is 9.61. The molecule has 0 aromatic heterocycles. The van der Waals surface area contributed by atoms with Crippen LogP contribution in [0.25, 0.3) is 0 Å². The van der Waals surface area contributed by atoms with Crippen molar-refractivity contribution < 1.29 is 28.5 Å². The van der Waals surface area contributed by atoms with Crippen LogP contribution in [0.3, 0.4) is 0 Å². The molecule has 1 saturated heterocycles. The van der Waals surface area contributed by atoms with E-state index in [2.05, 4.69) is 4.90 Å². The van der Waals surface area contributed by atoms with Crippen molar-refractivity contribution in [2.24, 2.45) is 0 Å². The van der Waals surface area contributed by atoms with Gasteiger partial charge in [-0.15, -0.1) is 0 Å². The monoisotopic (exact) mass is 406 g/mol. The van der Waals surface area contributed by atoms with E-state index in [0.717, 1.165) is 11.4 Å². The van der Waals surface area contributed by atoms with E-state index >= 15 is 0 Å². The fourth-order valence-corrected chi connectivity index (χ4v) is 3.58. The number of methoxy groups -OCH3 is 1. The summed E-state index contributed by atoms with van der Waals surface area (Å²) in [4.78, 5) is 16.1. The van der Waals surface area contributed by atoms with Gasteiger partial charge in [-0.3, -0.25) is 0 Å². The standard InChI is InChI=1S/C21H27FN2O5/c1-15-12-18(23-6-8-28-9-7-23)24(14-16-4-3-5-17(22)13-16)20(19(15)21(25)26)29-11-10-27-2/h3-5,12-13,20H,6-11,14H2,1-2H3,(H,25,26). The number of carbonyl (C=O) groups is 1. The van der Waals surface area contributed by atoms with E-state index in [1.807, 2.05) is 17.0 Å². The van der Waals surface area contributed by atoms with Crippen molar-refractivity contribution in [1.82, 2.24) is 9.80 Å². The molecule has 29 heavy (non-hydrogen) atoms. The predicted molar refractivity (Wildman–Crippen MR) is 104 cm³/mol. The summed E-state index contributed by atoms with van der Waals surface area (Å²) in [5.41, 5.74) is 1.54. The van der Waals surface area contributed by atoms with Gasteiger partial charge in [0.05, 0.1) is 32.0 Å². The van der Waals surface area contributed by atoms with Crippen LogP contribution in [0.15, 0.2) is 47.3 Å². The maximum Gasteiger partial charge on any atom is 0.336 e. The highest BCUT2D eigenvalue weighted by atomic mass is 19.1. The first kappa shape index (κ1) is 21.3. The summed E-state index contributed by atoms with van der Waals surface area (Å²) >= 11 is 0. The molecule has 0 amide bonds. The van der Waals surface area contributed by atoms with Crippen molar-refractivity contribution in [3.05, 3.63) is 58.7 Å². The molecular formula is C21H27FN2O5. The largest absolute Gasteiger partial charge is 0.478 e. The molecule has 0 aliphatic carbocycles. The molecule has 1 N–H and O–H groups in total. The molecule has 3 rings (SSSR count). The molecule has 2 aliphatic rings. The van der Waals surface area contributed by atoms with Gasteiger partial charge in [0.2, 0.25) is 0 Å². The average molecular weight is 406 g/mol. The number of allylic oxidation sites excluding steroid dienone is 2. The van der Waals surface area contributed by atoms with E-state index in [-0.39, 0.29) is 18.0 Å². The van der Waals surface area contributed by atoms with Crippen LogP contribution < -0.4 is 0 Å². The molecule has 7 nitrogen and oxygen atoms in total. The zero-order chi connectivity index (χ0) is 20.8. The topological polar surface area (TPSA) is 71.5 Å². The maximum atomic E-state index is 13.8. The second kappa shape index (κ2) is 9.87. The zero-order valence-electron chi connectivity index (χ0n) is 16.8. The zero-order valence-corrected chi connectivity index (χ0v) is 16.8. The van der Waals surface area contributed by atoms with Crippen molar-refractivity contribution in [3.63, 3.8) is 0 Å². The van der Waals surface area contributed by atoms with Crippen LogP contribution in [0.4, 0.5) is 4.39 Å². The Morgan fingerprint density at radius 2 is 2.07 bits per heavy atom. The summed E-state index contributed by atoms with van der Waals surface area (Å²) in [7, 11) is 1.56. The number of benzene rings is 1. The summed E-state index contributed by atoms with van der Waals surface area (Å²) in [6.07, 6.45) is 1.05. The summed E-state index contributed by atoms with van der Waals surface area (Å²) in [5.74, 6) is -0.521. The molecule has 158 valence electrons. The van der Waals surface area contributed by atoms with Crippen molar-refractivity contribution in [3.8, 4) is 0 Å². The first-order chi connectivity index (χ1) is 14.0. The second-order valence-corrected chi connectivity index (χ2v) is 6.98. The van der Waals surface area contributed by atoms with Crippen LogP contribution in [0.2, 0.25) is 0 Å². The summed E-state index contributed by atoms with van der Waals surface area (Å²) in [5, 5.41) is 9.84. The van der Waals surface area contributed by atoms with E-state index in [0.29, 0.717) is 45.0 Å². The third-order valence-electron chi connectivity index (χ3n) is 4.97. The first-order valence-electron chi connectivity index (χ1n) is 9.61. The second-order valence-electron chi connectivity index (χ2n) is 6.98. The van der Waals surface area contributed by atoms with Crippen LogP contribution in [-0.2, 0) is 25.5 Å². The Morgan fingerprint density at radius 1 is 1.31 bits per heavy atom. The highest BCUT2D eigenvalue weighted by molar-refractivity contribution is 5.89. The highest BCUT2D eigenvalue weighted by Crippen LogP contribution is 2.32. The molecule has 1 fully saturated rings. The summed E-state index contributed by atoms with van der Waals surface area (Å²) in [6.45, 7) is 5.22. The van der Waals surface area contributed by atoms with Crippen LogP contribution in [0.1, 0.15) is 12.5 Å². The van der Waals surface area contributed by atoms with E-state index in [9.17, 15) is 14.3 Å². The molecule has 0 radical (unpaired) electrons. The minimum Gasteiger partial charge on any atom is -0.478 e. The van der Waals surface area contributed by atoms with Gasteiger partial charge in [-0.25, -0.2) is 9.18 Å². The van der Waals surface area contributed by atoms with Gasteiger partial charge in [0.25, 0.3) is 0 Å². The van der Waals surface area contributed by atoms with E-state index in [1.54, 1.807) is 20.1 Å². The number of hydrogen-bond acceptors (Lipinski definition) is 6. The SMILES string of the molecule is COCCOC1C(C(=O)O)=C(C)C=C(N2CCOCC2)N1Cc1cccc(F)c1. The Morgan fingerprint density at radius 3 is 2.72 bits per heavy atom. The average Bonchev–Trinajstić information content (AvgIpc) is 2.70. The van der Waals surface area contributed by atoms with Crippen LogP contribution in [0, 0.1) is 5.82 Å². The fourth-order valence-electron chi connectivity index (χ4n) is 3.58. The van der Waals surface area contributed by atoms with Gasteiger partial charge in [0, 0.05) is 26.7 Å². The van der Waals surface area contributed by atoms with Crippen LogP contribution >= 0.6 is 0 Å². The van der Waals surface area contributed by atoms with Gasteiger partial charge in [-0.2, -0.15) is 0 Å².